The standard InChI is InChI=1S/C13H15/c1-9-5-6-11-8-7-10-3-2-4-12(10)13(9)11/h7-8H,2-6H2,1H3. The lowest BCUT2D eigenvalue weighted by Gasteiger charge is -2.10. The van der Waals surface area contributed by atoms with Gasteiger partial charge in [-0.05, 0) is 54.4 Å². The largest absolute Gasteiger partial charge is 0.0585 e. The van der Waals surface area contributed by atoms with Gasteiger partial charge in [0.2, 0.25) is 0 Å². The molecule has 0 fully saturated rings. The summed E-state index contributed by atoms with van der Waals surface area (Å²) in [7, 11) is 0. The van der Waals surface area contributed by atoms with E-state index in [4.69, 9.17) is 0 Å². The molecule has 0 bridgehead atoms. The molecule has 0 N–H and O–H groups in total. The Kier molecular flexibility index (Phi) is 1.52. The molecule has 0 saturated carbocycles. The van der Waals surface area contributed by atoms with E-state index in [1.54, 1.807) is 28.2 Å². The third-order valence-corrected chi connectivity index (χ3v) is 3.57. The van der Waals surface area contributed by atoms with E-state index < -0.39 is 0 Å². The van der Waals surface area contributed by atoms with E-state index in [9.17, 15) is 0 Å². The molecule has 0 atom stereocenters. The number of fused-ring (bicyclic) bond motifs is 3. The van der Waals surface area contributed by atoms with Gasteiger partial charge in [-0.1, -0.05) is 19.1 Å². The van der Waals surface area contributed by atoms with Gasteiger partial charge in [-0.15, -0.1) is 0 Å². The van der Waals surface area contributed by atoms with Gasteiger partial charge in [0.05, 0.1) is 0 Å². The van der Waals surface area contributed by atoms with Gasteiger partial charge in [-0.25, -0.2) is 0 Å². The molecule has 2 aliphatic carbocycles. The first-order chi connectivity index (χ1) is 6.36. The highest BCUT2D eigenvalue weighted by Gasteiger charge is 2.25. The molecule has 0 saturated heterocycles. The minimum absolute atomic E-state index is 1.29. The summed E-state index contributed by atoms with van der Waals surface area (Å²) in [6.45, 7) is 2.31. The van der Waals surface area contributed by atoms with Crippen LogP contribution in [0.2, 0.25) is 0 Å². The average molecular weight is 171 g/mol. The van der Waals surface area contributed by atoms with E-state index in [1.165, 1.54) is 32.1 Å². The Morgan fingerprint density at radius 1 is 0.923 bits per heavy atom. The Morgan fingerprint density at radius 2 is 1.77 bits per heavy atom. The van der Waals surface area contributed by atoms with Crippen LogP contribution in [0, 0.1) is 5.92 Å². The van der Waals surface area contributed by atoms with Crippen molar-refractivity contribution in [2.45, 2.75) is 39.0 Å². The Morgan fingerprint density at radius 3 is 2.69 bits per heavy atom. The van der Waals surface area contributed by atoms with Crippen molar-refractivity contribution in [1.29, 1.82) is 0 Å². The molecule has 0 aromatic heterocycles. The molecular weight excluding hydrogens is 156 g/mol. The van der Waals surface area contributed by atoms with E-state index in [-0.39, 0.29) is 0 Å². The zero-order chi connectivity index (χ0) is 8.84. The first kappa shape index (κ1) is 7.61. The lowest BCUT2D eigenvalue weighted by Crippen LogP contribution is -1.95. The molecule has 1 aromatic carbocycles. The molecule has 0 amide bonds. The molecule has 0 heteroatoms. The Labute approximate surface area is 80.0 Å². The summed E-state index contributed by atoms with van der Waals surface area (Å²) in [5, 5.41) is 0. The summed E-state index contributed by atoms with van der Waals surface area (Å²) in [5.41, 5.74) is 6.57. The van der Waals surface area contributed by atoms with Crippen molar-refractivity contribution in [2.75, 3.05) is 0 Å². The van der Waals surface area contributed by atoms with Gasteiger partial charge in [0.25, 0.3) is 0 Å². The van der Waals surface area contributed by atoms with Crippen molar-refractivity contribution in [2.24, 2.45) is 0 Å². The normalized spacial score (nSPS) is 20.4. The third kappa shape index (κ3) is 0.979. The Bertz CT molecular complexity index is 349. The monoisotopic (exact) mass is 171 g/mol. The second-order valence-corrected chi connectivity index (χ2v) is 4.37. The Hall–Kier alpha value is -0.780. The predicted molar refractivity (Wildman–Crippen MR) is 54.8 cm³/mol. The molecule has 67 valence electrons. The minimum Gasteiger partial charge on any atom is -0.0585 e. The summed E-state index contributed by atoms with van der Waals surface area (Å²) in [4.78, 5) is 0. The lowest BCUT2D eigenvalue weighted by atomic mass is 9.94. The SMILES string of the molecule is C[C]1CCc2ccc3c(c21)CCC3. The van der Waals surface area contributed by atoms with E-state index in [0.29, 0.717) is 0 Å². The maximum atomic E-state index is 2.36. The fourth-order valence-corrected chi connectivity index (χ4v) is 2.90. The predicted octanol–water partition coefficient (Wildman–Crippen LogP) is 3.06. The third-order valence-electron chi connectivity index (χ3n) is 3.57. The van der Waals surface area contributed by atoms with Crippen LogP contribution in [0.15, 0.2) is 12.1 Å². The van der Waals surface area contributed by atoms with E-state index >= 15 is 0 Å². The first-order valence-corrected chi connectivity index (χ1v) is 5.32. The second-order valence-electron chi connectivity index (χ2n) is 4.37. The second kappa shape index (κ2) is 2.60. The number of hydrogen-bond acceptors (Lipinski definition) is 0. The molecule has 0 nitrogen and oxygen atoms in total. The van der Waals surface area contributed by atoms with E-state index in [0.717, 1.165) is 0 Å². The highest BCUT2D eigenvalue weighted by molar-refractivity contribution is 5.53. The molecule has 1 aromatic rings. The fraction of sp³-hybridized carbons (Fsp3) is 0.462. The van der Waals surface area contributed by atoms with Crippen LogP contribution < -0.4 is 0 Å². The van der Waals surface area contributed by atoms with Crippen molar-refractivity contribution in [3.05, 3.63) is 40.3 Å². The number of hydrogen-bond donors (Lipinski definition) is 0. The van der Waals surface area contributed by atoms with Crippen LogP contribution >= 0.6 is 0 Å². The molecule has 0 heterocycles. The van der Waals surface area contributed by atoms with Crippen molar-refractivity contribution in [1.82, 2.24) is 0 Å². The maximum absolute atomic E-state index is 2.36. The molecule has 0 unspecified atom stereocenters. The molecule has 1 radical (unpaired) electrons. The zero-order valence-corrected chi connectivity index (χ0v) is 8.19. The van der Waals surface area contributed by atoms with Gasteiger partial charge in [-0.3, -0.25) is 0 Å². The highest BCUT2D eigenvalue weighted by Crippen LogP contribution is 2.38. The van der Waals surface area contributed by atoms with Crippen LogP contribution in [0.25, 0.3) is 0 Å². The van der Waals surface area contributed by atoms with Crippen LogP contribution in [-0.2, 0) is 19.3 Å². The molecule has 2 aliphatic rings. The van der Waals surface area contributed by atoms with Crippen molar-refractivity contribution >= 4 is 0 Å². The lowest BCUT2D eigenvalue weighted by molar-refractivity contribution is 0.901. The first-order valence-electron chi connectivity index (χ1n) is 5.32. The summed E-state index contributed by atoms with van der Waals surface area (Å²) in [5.74, 6) is 1.63. The van der Waals surface area contributed by atoms with Crippen molar-refractivity contribution in [3.8, 4) is 0 Å². The number of rotatable bonds is 0. The van der Waals surface area contributed by atoms with Crippen molar-refractivity contribution in [3.63, 3.8) is 0 Å². The van der Waals surface area contributed by atoms with E-state index in [2.05, 4.69) is 19.1 Å². The van der Waals surface area contributed by atoms with Gasteiger partial charge in [-0.2, -0.15) is 0 Å². The summed E-state index contributed by atoms with van der Waals surface area (Å²) in [6, 6.07) is 4.72. The highest BCUT2D eigenvalue weighted by atomic mass is 14.3. The van der Waals surface area contributed by atoms with Gasteiger partial charge in [0.15, 0.2) is 0 Å². The molecule has 13 heavy (non-hydrogen) atoms. The molecule has 0 aliphatic heterocycles. The quantitative estimate of drug-likeness (QED) is 0.562. The van der Waals surface area contributed by atoms with Crippen molar-refractivity contribution < 1.29 is 0 Å². The molecule has 3 rings (SSSR count). The van der Waals surface area contributed by atoms with Crippen LogP contribution in [0.1, 0.15) is 42.0 Å². The van der Waals surface area contributed by atoms with Gasteiger partial charge >= 0.3 is 0 Å². The molecule has 0 spiro atoms. The summed E-state index contributed by atoms with van der Waals surface area (Å²) in [6.07, 6.45) is 6.60. The van der Waals surface area contributed by atoms with Crippen LogP contribution in [0.4, 0.5) is 0 Å². The smallest absolute Gasteiger partial charge is 0.00279 e. The fourth-order valence-electron chi connectivity index (χ4n) is 2.90. The van der Waals surface area contributed by atoms with Gasteiger partial charge < -0.3 is 0 Å². The summed E-state index contributed by atoms with van der Waals surface area (Å²) >= 11 is 0. The van der Waals surface area contributed by atoms with Crippen LogP contribution in [0.3, 0.4) is 0 Å². The van der Waals surface area contributed by atoms with E-state index in [1.807, 2.05) is 0 Å². The topological polar surface area (TPSA) is 0 Å². The van der Waals surface area contributed by atoms with Gasteiger partial charge in [0.1, 0.15) is 0 Å². The van der Waals surface area contributed by atoms with Crippen LogP contribution in [0.5, 0.6) is 0 Å². The minimum atomic E-state index is 1.29. The van der Waals surface area contributed by atoms with Gasteiger partial charge in [0, 0.05) is 5.92 Å². The summed E-state index contributed by atoms with van der Waals surface area (Å²) < 4.78 is 0. The van der Waals surface area contributed by atoms with Crippen LogP contribution in [-0.4, -0.2) is 0 Å². The number of aryl methyl sites for hydroxylation is 2. The zero-order valence-electron chi connectivity index (χ0n) is 8.19. The molecular formula is C13H15. The maximum Gasteiger partial charge on any atom is 0.00279 e. The number of benzene rings is 1. The Balaban J connectivity index is 2.23. The average Bonchev–Trinajstić information content (AvgIpc) is 2.70.